The topological polar surface area (TPSA) is 0 Å². The van der Waals surface area contributed by atoms with Crippen LogP contribution in [0.3, 0.4) is 0 Å². The molecule has 2 rings (SSSR count). The van der Waals surface area contributed by atoms with Gasteiger partial charge in [-0.25, -0.2) is 0 Å². The van der Waals surface area contributed by atoms with Crippen LogP contribution in [0.4, 0.5) is 0 Å². The standard InChI is InChI=1S/C8H9.C5H5.Ru/c1-2-5-8-6-3-4-7-8;1-2-4-5-3-1;/h2-3,6H,1,4-5H2;1-3H,4H2;. The van der Waals surface area contributed by atoms with Crippen molar-refractivity contribution in [2.75, 3.05) is 0 Å². The van der Waals surface area contributed by atoms with Crippen molar-refractivity contribution in [2.24, 2.45) is 0 Å². The van der Waals surface area contributed by atoms with Gasteiger partial charge in [0.05, 0.1) is 0 Å². The van der Waals surface area contributed by atoms with Crippen molar-refractivity contribution in [1.29, 1.82) is 0 Å². The summed E-state index contributed by atoms with van der Waals surface area (Å²) in [5, 5.41) is 0. The summed E-state index contributed by atoms with van der Waals surface area (Å²) < 4.78 is 3.31. The Morgan fingerprint density at radius 2 is 2.29 bits per heavy atom. The normalized spacial score (nSPS) is 19.6. The summed E-state index contributed by atoms with van der Waals surface area (Å²) in [4.78, 5) is 0. The van der Waals surface area contributed by atoms with E-state index in [1.165, 1.54) is 18.4 Å². The molecule has 0 spiro atoms. The van der Waals surface area contributed by atoms with Crippen LogP contribution in [0.15, 0.2) is 56.9 Å². The maximum atomic E-state index is 3.81. The van der Waals surface area contributed by atoms with Crippen LogP contribution < -0.4 is 0 Å². The Morgan fingerprint density at radius 3 is 3.00 bits per heavy atom. The van der Waals surface area contributed by atoms with Crippen LogP contribution >= 0.6 is 0 Å². The number of allylic oxidation sites excluding steroid dienone is 9. The number of hydrogen-bond donors (Lipinski definition) is 0. The van der Waals surface area contributed by atoms with Gasteiger partial charge in [-0.05, 0) is 0 Å². The fourth-order valence-corrected chi connectivity index (χ4v) is 3.92. The fraction of sp³-hybridized carbons (Fsp3) is 0.231. The van der Waals surface area contributed by atoms with E-state index in [0.29, 0.717) is 17.1 Å². The minimum absolute atomic E-state index is 0.319. The first-order valence-electron chi connectivity index (χ1n) is 4.87. The average molecular weight is 271 g/mol. The summed E-state index contributed by atoms with van der Waals surface area (Å²) in [5.74, 6) is 0. The fourth-order valence-electron chi connectivity index (χ4n) is 1.56. The van der Waals surface area contributed by atoms with E-state index in [1.54, 1.807) is 8.33 Å². The van der Waals surface area contributed by atoms with Crippen LogP contribution in [0.25, 0.3) is 0 Å². The van der Waals surface area contributed by atoms with Crippen molar-refractivity contribution in [3.63, 3.8) is 0 Å². The summed E-state index contributed by atoms with van der Waals surface area (Å²) in [6.45, 7) is 3.81. The van der Waals surface area contributed by atoms with E-state index in [4.69, 9.17) is 0 Å². The molecule has 0 amide bonds. The zero-order valence-corrected chi connectivity index (χ0v) is 9.88. The predicted octanol–water partition coefficient (Wildman–Crippen LogP) is 3.70. The van der Waals surface area contributed by atoms with Crippen molar-refractivity contribution in [3.8, 4) is 0 Å². The Balaban J connectivity index is 2.03. The van der Waals surface area contributed by atoms with Gasteiger partial charge in [0.2, 0.25) is 0 Å². The Kier molecular flexibility index (Phi) is 3.32. The van der Waals surface area contributed by atoms with Crippen LogP contribution in [0.5, 0.6) is 0 Å². The van der Waals surface area contributed by atoms with Crippen molar-refractivity contribution in [1.82, 2.24) is 0 Å². The molecule has 14 heavy (non-hydrogen) atoms. The van der Waals surface area contributed by atoms with Gasteiger partial charge in [-0.2, -0.15) is 0 Å². The third-order valence-electron chi connectivity index (χ3n) is 2.25. The first-order valence-corrected chi connectivity index (χ1v) is 6.61. The van der Waals surface area contributed by atoms with Crippen molar-refractivity contribution < 1.29 is 17.1 Å². The molecule has 1 heteroatoms. The van der Waals surface area contributed by atoms with Gasteiger partial charge in [0.25, 0.3) is 0 Å². The van der Waals surface area contributed by atoms with E-state index in [-0.39, 0.29) is 0 Å². The molecule has 0 saturated carbocycles. The molecule has 0 aromatic heterocycles. The summed E-state index contributed by atoms with van der Waals surface area (Å²) in [7, 11) is 0. The molecule has 2 aliphatic rings. The zero-order valence-electron chi connectivity index (χ0n) is 8.15. The molecule has 0 heterocycles. The zero-order chi connectivity index (χ0) is 9.80. The van der Waals surface area contributed by atoms with Crippen molar-refractivity contribution in [2.45, 2.75) is 19.3 Å². The molecule has 0 unspecified atom stereocenters. The van der Waals surface area contributed by atoms with E-state index in [1.807, 2.05) is 6.08 Å². The number of rotatable bonds is 4. The molecule has 2 aliphatic carbocycles. The second-order valence-corrected chi connectivity index (χ2v) is 5.93. The Morgan fingerprint density at radius 1 is 1.36 bits per heavy atom. The monoisotopic (exact) mass is 272 g/mol. The molecule has 0 aromatic carbocycles. The van der Waals surface area contributed by atoms with Crippen LogP contribution in [0, 0.1) is 0 Å². The molecule has 0 atom stereocenters. The molecule has 0 radical (unpaired) electrons. The van der Waals surface area contributed by atoms with Crippen LogP contribution in [-0.4, -0.2) is 0 Å². The van der Waals surface area contributed by atoms with E-state index in [0.717, 1.165) is 6.42 Å². The van der Waals surface area contributed by atoms with E-state index in [2.05, 4.69) is 37.0 Å². The first-order chi connectivity index (χ1) is 6.90. The molecule has 0 nitrogen and oxygen atoms in total. The van der Waals surface area contributed by atoms with Gasteiger partial charge in [-0.15, -0.1) is 0 Å². The minimum atomic E-state index is 0.319. The molecule has 0 N–H and O–H groups in total. The predicted molar refractivity (Wildman–Crippen MR) is 57.4 cm³/mol. The van der Waals surface area contributed by atoms with E-state index < -0.39 is 0 Å². The molecule has 0 aliphatic heterocycles. The molecular formula is C13H14Ru. The second kappa shape index (κ2) is 4.71. The van der Waals surface area contributed by atoms with Gasteiger partial charge >= 0.3 is 93.3 Å². The molecular weight excluding hydrogens is 257 g/mol. The molecule has 0 fully saturated rings. The Labute approximate surface area is 93.4 Å². The SMILES string of the molecule is C=CCC1=[C]([Ru][C]2=CC=CC2)CC=C1. The maximum absolute atomic E-state index is 3.81. The third kappa shape index (κ3) is 2.22. The van der Waals surface area contributed by atoms with Crippen LogP contribution in [0.2, 0.25) is 0 Å². The average Bonchev–Trinajstić information content (AvgIpc) is 2.80. The van der Waals surface area contributed by atoms with Gasteiger partial charge < -0.3 is 0 Å². The van der Waals surface area contributed by atoms with Crippen molar-refractivity contribution >= 4 is 0 Å². The van der Waals surface area contributed by atoms with E-state index >= 15 is 0 Å². The summed E-state index contributed by atoms with van der Waals surface area (Å²) in [6, 6.07) is 0. The first kappa shape index (κ1) is 9.86. The molecule has 0 bridgehead atoms. The van der Waals surface area contributed by atoms with Gasteiger partial charge in [0, 0.05) is 0 Å². The van der Waals surface area contributed by atoms with Crippen LogP contribution in [-0.2, 0) is 17.1 Å². The molecule has 0 saturated heterocycles. The van der Waals surface area contributed by atoms with Crippen molar-refractivity contribution in [3.05, 3.63) is 56.9 Å². The second-order valence-electron chi connectivity index (χ2n) is 3.33. The Bertz CT molecular complexity index is 353. The molecule has 74 valence electrons. The van der Waals surface area contributed by atoms with Gasteiger partial charge in [0.1, 0.15) is 0 Å². The third-order valence-corrected chi connectivity index (χ3v) is 4.89. The van der Waals surface area contributed by atoms with E-state index in [9.17, 15) is 0 Å². The van der Waals surface area contributed by atoms with Gasteiger partial charge in [0.15, 0.2) is 0 Å². The molecule has 0 aromatic rings. The summed E-state index contributed by atoms with van der Waals surface area (Å²) in [5.41, 5.74) is 1.52. The van der Waals surface area contributed by atoms with Gasteiger partial charge in [-0.1, -0.05) is 0 Å². The van der Waals surface area contributed by atoms with Gasteiger partial charge in [-0.3, -0.25) is 0 Å². The van der Waals surface area contributed by atoms with Crippen LogP contribution in [0.1, 0.15) is 19.3 Å². The Hall–Kier alpha value is -0.677. The summed E-state index contributed by atoms with van der Waals surface area (Å²) in [6.07, 6.45) is 16.7. The summed E-state index contributed by atoms with van der Waals surface area (Å²) >= 11 is 0.319. The quantitative estimate of drug-likeness (QED) is 0.540. The number of hydrogen-bond acceptors (Lipinski definition) is 0.